The first-order valence-corrected chi connectivity index (χ1v) is 8.09. The number of nitrogens with one attached hydrogen (secondary N) is 1. The van der Waals surface area contributed by atoms with E-state index in [-0.39, 0.29) is 12.1 Å². The Balaban J connectivity index is 2.19. The van der Waals surface area contributed by atoms with Gasteiger partial charge in [0.25, 0.3) is 0 Å². The molecule has 112 valence electrons. The second-order valence-corrected chi connectivity index (χ2v) is 6.06. The van der Waals surface area contributed by atoms with E-state index in [0.717, 1.165) is 16.6 Å². The van der Waals surface area contributed by atoms with Crippen LogP contribution in [0.5, 0.6) is 5.75 Å². The minimum Gasteiger partial charge on any atom is -0.496 e. The van der Waals surface area contributed by atoms with Crippen LogP contribution < -0.4 is 10.1 Å². The van der Waals surface area contributed by atoms with E-state index in [1.165, 1.54) is 11.1 Å². The summed E-state index contributed by atoms with van der Waals surface area (Å²) in [5.41, 5.74) is 2.49. The van der Waals surface area contributed by atoms with Crippen LogP contribution in [0.15, 0.2) is 53.0 Å². The molecule has 1 N–H and O–H groups in total. The molecule has 0 aliphatic rings. The molecule has 0 aromatic heterocycles. The Morgan fingerprint density at radius 3 is 2.57 bits per heavy atom. The summed E-state index contributed by atoms with van der Waals surface area (Å²) in [5, 5.41) is 3.70. The molecule has 0 fully saturated rings. The lowest BCUT2D eigenvalue weighted by Crippen LogP contribution is -2.24. The van der Waals surface area contributed by atoms with E-state index in [1.54, 1.807) is 7.11 Å². The molecule has 0 spiro atoms. The average molecular weight is 348 g/mol. The Morgan fingerprint density at radius 2 is 1.90 bits per heavy atom. The molecule has 0 aliphatic heterocycles. The van der Waals surface area contributed by atoms with Crippen molar-refractivity contribution in [3.05, 3.63) is 64.1 Å². The molecule has 0 aliphatic carbocycles. The molecule has 2 aromatic carbocycles. The molecular formula is C18H22BrNO. The van der Waals surface area contributed by atoms with E-state index in [2.05, 4.69) is 65.4 Å². The first-order valence-electron chi connectivity index (χ1n) is 7.30. The highest BCUT2D eigenvalue weighted by Crippen LogP contribution is 2.29. The summed E-state index contributed by atoms with van der Waals surface area (Å²) in [6.07, 6.45) is 1.01. The van der Waals surface area contributed by atoms with Crippen LogP contribution in [-0.4, -0.2) is 7.11 Å². The van der Waals surface area contributed by atoms with Crippen molar-refractivity contribution < 1.29 is 4.74 Å². The summed E-state index contributed by atoms with van der Waals surface area (Å²) in [6.45, 7) is 4.39. The fraction of sp³-hybridized carbons (Fsp3) is 0.333. The highest BCUT2D eigenvalue weighted by atomic mass is 79.9. The third-order valence-electron chi connectivity index (χ3n) is 3.72. The standard InChI is InChI=1S/C18H22BrNO/c1-4-17(16-10-5-6-11-18(16)21-3)20-13(2)14-8-7-9-15(19)12-14/h5-13,17,20H,4H2,1-3H3. The number of rotatable bonds is 6. The zero-order valence-electron chi connectivity index (χ0n) is 12.8. The lowest BCUT2D eigenvalue weighted by molar-refractivity contribution is 0.388. The Morgan fingerprint density at radius 1 is 1.14 bits per heavy atom. The maximum Gasteiger partial charge on any atom is 0.123 e. The van der Waals surface area contributed by atoms with Crippen LogP contribution in [-0.2, 0) is 0 Å². The Labute approximate surface area is 135 Å². The van der Waals surface area contributed by atoms with Crippen LogP contribution in [0.2, 0.25) is 0 Å². The second kappa shape index (κ2) is 7.62. The summed E-state index contributed by atoms with van der Waals surface area (Å²) in [7, 11) is 1.73. The van der Waals surface area contributed by atoms with Crippen molar-refractivity contribution in [1.82, 2.24) is 5.32 Å². The maximum absolute atomic E-state index is 5.49. The van der Waals surface area contributed by atoms with E-state index < -0.39 is 0 Å². The SMILES string of the molecule is CCC(NC(C)c1cccc(Br)c1)c1ccccc1OC. The lowest BCUT2D eigenvalue weighted by atomic mass is 10.0. The maximum atomic E-state index is 5.49. The van der Waals surface area contributed by atoms with Crippen LogP contribution in [0.1, 0.15) is 43.5 Å². The van der Waals surface area contributed by atoms with Crippen molar-refractivity contribution in [2.24, 2.45) is 0 Å². The molecular weight excluding hydrogens is 326 g/mol. The monoisotopic (exact) mass is 347 g/mol. The van der Waals surface area contributed by atoms with E-state index in [9.17, 15) is 0 Å². The molecule has 0 saturated heterocycles. The zero-order chi connectivity index (χ0) is 15.2. The molecule has 2 atom stereocenters. The number of hydrogen-bond donors (Lipinski definition) is 1. The summed E-state index contributed by atoms with van der Waals surface area (Å²) in [6, 6.07) is 17.2. The number of benzene rings is 2. The van der Waals surface area contributed by atoms with Crippen molar-refractivity contribution in [1.29, 1.82) is 0 Å². The minimum atomic E-state index is 0.273. The zero-order valence-corrected chi connectivity index (χ0v) is 14.4. The van der Waals surface area contributed by atoms with Gasteiger partial charge in [-0.1, -0.05) is 53.2 Å². The minimum absolute atomic E-state index is 0.273. The Kier molecular flexibility index (Phi) is 5.83. The van der Waals surface area contributed by atoms with E-state index >= 15 is 0 Å². The molecule has 0 radical (unpaired) electrons. The van der Waals surface area contributed by atoms with Gasteiger partial charge in [0.1, 0.15) is 5.75 Å². The molecule has 3 heteroatoms. The van der Waals surface area contributed by atoms with Gasteiger partial charge in [0, 0.05) is 22.1 Å². The molecule has 0 amide bonds. The van der Waals surface area contributed by atoms with Crippen molar-refractivity contribution in [3.8, 4) is 5.75 Å². The quantitative estimate of drug-likeness (QED) is 0.769. The van der Waals surface area contributed by atoms with Gasteiger partial charge in [-0.3, -0.25) is 0 Å². The van der Waals surface area contributed by atoms with Crippen LogP contribution in [0, 0.1) is 0 Å². The van der Waals surface area contributed by atoms with Crippen LogP contribution in [0.3, 0.4) is 0 Å². The largest absolute Gasteiger partial charge is 0.496 e. The van der Waals surface area contributed by atoms with Gasteiger partial charge in [-0.15, -0.1) is 0 Å². The molecule has 2 nitrogen and oxygen atoms in total. The third-order valence-corrected chi connectivity index (χ3v) is 4.22. The molecule has 2 unspecified atom stereocenters. The number of halogens is 1. The van der Waals surface area contributed by atoms with Crippen LogP contribution >= 0.6 is 15.9 Å². The van der Waals surface area contributed by atoms with Gasteiger partial charge in [0.05, 0.1) is 7.11 Å². The van der Waals surface area contributed by atoms with Gasteiger partial charge in [0.15, 0.2) is 0 Å². The predicted octanol–water partition coefficient (Wildman–Crippen LogP) is 5.26. The molecule has 2 aromatic rings. The summed E-state index contributed by atoms with van der Waals surface area (Å²) < 4.78 is 6.60. The van der Waals surface area contributed by atoms with Gasteiger partial charge in [-0.2, -0.15) is 0 Å². The second-order valence-electron chi connectivity index (χ2n) is 5.15. The smallest absolute Gasteiger partial charge is 0.123 e. The van der Waals surface area contributed by atoms with E-state index in [4.69, 9.17) is 4.74 Å². The normalized spacial score (nSPS) is 13.7. The van der Waals surface area contributed by atoms with Crippen molar-refractivity contribution in [2.75, 3.05) is 7.11 Å². The highest BCUT2D eigenvalue weighted by Gasteiger charge is 2.17. The average Bonchev–Trinajstić information content (AvgIpc) is 2.52. The molecule has 0 bridgehead atoms. The number of hydrogen-bond acceptors (Lipinski definition) is 2. The Hall–Kier alpha value is -1.32. The van der Waals surface area contributed by atoms with E-state index in [0.29, 0.717) is 0 Å². The number of methoxy groups -OCH3 is 1. The fourth-order valence-electron chi connectivity index (χ4n) is 2.56. The molecule has 0 saturated carbocycles. The van der Waals surface area contributed by atoms with Crippen LogP contribution in [0.4, 0.5) is 0 Å². The first kappa shape index (κ1) is 16.1. The summed E-state index contributed by atoms with van der Waals surface area (Å²) >= 11 is 3.53. The predicted molar refractivity (Wildman–Crippen MR) is 91.7 cm³/mol. The molecule has 2 rings (SSSR count). The van der Waals surface area contributed by atoms with Crippen molar-refractivity contribution in [3.63, 3.8) is 0 Å². The molecule has 0 heterocycles. The topological polar surface area (TPSA) is 21.3 Å². The van der Waals surface area contributed by atoms with Crippen molar-refractivity contribution in [2.45, 2.75) is 32.4 Å². The van der Waals surface area contributed by atoms with Crippen molar-refractivity contribution >= 4 is 15.9 Å². The number of ether oxygens (including phenoxy) is 1. The van der Waals surface area contributed by atoms with Gasteiger partial charge in [-0.05, 0) is 37.1 Å². The van der Waals surface area contributed by atoms with Crippen LogP contribution in [0.25, 0.3) is 0 Å². The van der Waals surface area contributed by atoms with E-state index in [1.807, 2.05) is 18.2 Å². The summed E-state index contributed by atoms with van der Waals surface area (Å²) in [4.78, 5) is 0. The molecule has 21 heavy (non-hydrogen) atoms. The first-order chi connectivity index (χ1) is 10.2. The summed E-state index contributed by atoms with van der Waals surface area (Å²) in [5.74, 6) is 0.943. The van der Waals surface area contributed by atoms with Gasteiger partial charge >= 0.3 is 0 Å². The fourth-order valence-corrected chi connectivity index (χ4v) is 2.97. The third kappa shape index (κ3) is 4.08. The van der Waals surface area contributed by atoms with Gasteiger partial charge in [0.2, 0.25) is 0 Å². The number of para-hydroxylation sites is 1. The Bertz CT molecular complexity index is 585. The highest BCUT2D eigenvalue weighted by molar-refractivity contribution is 9.10. The van der Waals surface area contributed by atoms with Gasteiger partial charge < -0.3 is 10.1 Å². The lowest BCUT2D eigenvalue weighted by Gasteiger charge is -2.24. The van der Waals surface area contributed by atoms with Gasteiger partial charge in [-0.25, -0.2) is 0 Å².